The standard InChI is InChI=1S/C17H24N2O2.ClH/c1-2-10-21-11-4-7-17(20)19-16-6-3-5-13-12-14(18)8-9-15(13)16;/h2,8-9,12,16H,1,3-7,10-11,18H2,(H,19,20);1H. The zero-order valence-corrected chi connectivity index (χ0v) is 13.7. The molecule has 0 aliphatic heterocycles. The number of nitrogens with one attached hydrogen (secondary N) is 1. The highest BCUT2D eigenvalue weighted by atomic mass is 35.5. The first-order chi connectivity index (χ1) is 10.2. The SMILES string of the molecule is C=CCOCCCC(=O)NC1CCCc2cc(N)ccc21.Cl. The van der Waals surface area contributed by atoms with Crippen LogP contribution in [0.1, 0.15) is 42.9 Å². The van der Waals surface area contributed by atoms with Crippen molar-refractivity contribution in [3.8, 4) is 0 Å². The Morgan fingerprint density at radius 2 is 2.32 bits per heavy atom. The van der Waals surface area contributed by atoms with E-state index in [0.29, 0.717) is 19.6 Å². The molecule has 0 bridgehead atoms. The van der Waals surface area contributed by atoms with Crippen LogP contribution in [0.4, 0.5) is 5.69 Å². The van der Waals surface area contributed by atoms with Gasteiger partial charge >= 0.3 is 0 Å². The Morgan fingerprint density at radius 1 is 1.50 bits per heavy atom. The monoisotopic (exact) mass is 324 g/mol. The van der Waals surface area contributed by atoms with E-state index < -0.39 is 0 Å². The van der Waals surface area contributed by atoms with Crippen molar-refractivity contribution in [3.63, 3.8) is 0 Å². The molecule has 2 rings (SSSR count). The van der Waals surface area contributed by atoms with Gasteiger partial charge in [-0.1, -0.05) is 12.1 Å². The quantitative estimate of drug-likeness (QED) is 0.460. The van der Waals surface area contributed by atoms with Crippen molar-refractivity contribution < 1.29 is 9.53 Å². The summed E-state index contributed by atoms with van der Waals surface area (Å²) in [5.74, 6) is 0.0897. The van der Waals surface area contributed by atoms with Gasteiger partial charge in [-0.25, -0.2) is 0 Å². The first-order valence-corrected chi connectivity index (χ1v) is 7.57. The third-order valence-electron chi connectivity index (χ3n) is 3.74. The van der Waals surface area contributed by atoms with Crippen molar-refractivity contribution in [2.45, 2.75) is 38.1 Å². The van der Waals surface area contributed by atoms with Crippen LogP contribution in [0.5, 0.6) is 0 Å². The number of amides is 1. The summed E-state index contributed by atoms with van der Waals surface area (Å²) in [5, 5.41) is 3.13. The molecule has 5 heteroatoms. The van der Waals surface area contributed by atoms with E-state index in [1.54, 1.807) is 6.08 Å². The molecular formula is C17H25ClN2O2. The van der Waals surface area contributed by atoms with Crippen LogP contribution in [0.3, 0.4) is 0 Å². The van der Waals surface area contributed by atoms with Crippen molar-refractivity contribution in [1.29, 1.82) is 0 Å². The Hall–Kier alpha value is -1.52. The summed E-state index contributed by atoms with van der Waals surface area (Å²) in [7, 11) is 0. The molecule has 0 heterocycles. The van der Waals surface area contributed by atoms with Crippen LogP contribution in [0, 0.1) is 0 Å². The predicted molar refractivity (Wildman–Crippen MR) is 92.2 cm³/mol. The van der Waals surface area contributed by atoms with Gasteiger partial charge in [-0.15, -0.1) is 19.0 Å². The second-order valence-corrected chi connectivity index (χ2v) is 5.44. The molecule has 1 aromatic rings. The van der Waals surface area contributed by atoms with E-state index >= 15 is 0 Å². The van der Waals surface area contributed by atoms with Crippen molar-refractivity contribution in [1.82, 2.24) is 5.32 Å². The minimum atomic E-state index is 0. The van der Waals surface area contributed by atoms with E-state index in [-0.39, 0.29) is 24.4 Å². The molecule has 0 saturated heterocycles. The van der Waals surface area contributed by atoms with Crippen molar-refractivity contribution >= 4 is 24.0 Å². The summed E-state index contributed by atoms with van der Waals surface area (Å²) >= 11 is 0. The lowest BCUT2D eigenvalue weighted by molar-refractivity contribution is -0.122. The molecule has 1 amide bonds. The first-order valence-electron chi connectivity index (χ1n) is 7.57. The van der Waals surface area contributed by atoms with Crippen molar-refractivity contribution in [3.05, 3.63) is 42.0 Å². The largest absolute Gasteiger partial charge is 0.399 e. The normalized spacial score (nSPS) is 16.3. The van der Waals surface area contributed by atoms with Gasteiger partial charge < -0.3 is 15.8 Å². The van der Waals surface area contributed by atoms with Gasteiger partial charge in [-0.2, -0.15) is 0 Å². The number of carbonyl (C=O) groups excluding carboxylic acids is 1. The van der Waals surface area contributed by atoms with Gasteiger partial charge in [0.05, 0.1) is 12.6 Å². The molecule has 0 radical (unpaired) electrons. The van der Waals surface area contributed by atoms with E-state index in [0.717, 1.165) is 31.4 Å². The molecule has 3 N–H and O–H groups in total. The fraction of sp³-hybridized carbons (Fsp3) is 0.471. The molecular weight excluding hydrogens is 300 g/mol. The summed E-state index contributed by atoms with van der Waals surface area (Å²) in [6.07, 6.45) is 6.07. The third kappa shape index (κ3) is 5.35. The van der Waals surface area contributed by atoms with Crippen LogP contribution in [0.25, 0.3) is 0 Å². The summed E-state index contributed by atoms with van der Waals surface area (Å²) in [6.45, 7) is 4.72. The van der Waals surface area contributed by atoms with Crippen LogP contribution in [-0.2, 0) is 16.0 Å². The second kappa shape index (κ2) is 9.49. The van der Waals surface area contributed by atoms with Crippen LogP contribution in [0.15, 0.2) is 30.9 Å². The number of rotatable bonds is 7. The van der Waals surface area contributed by atoms with Crippen LogP contribution in [-0.4, -0.2) is 19.1 Å². The summed E-state index contributed by atoms with van der Waals surface area (Å²) in [4.78, 5) is 12.0. The highest BCUT2D eigenvalue weighted by Crippen LogP contribution is 2.30. The highest BCUT2D eigenvalue weighted by molar-refractivity contribution is 5.85. The summed E-state index contributed by atoms with van der Waals surface area (Å²) < 4.78 is 5.28. The van der Waals surface area contributed by atoms with Gasteiger partial charge in [-0.05, 0) is 48.9 Å². The Kier molecular flexibility index (Phi) is 7.99. The summed E-state index contributed by atoms with van der Waals surface area (Å²) in [6, 6.07) is 6.10. The van der Waals surface area contributed by atoms with Crippen LogP contribution >= 0.6 is 12.4 Å². The van der Waals surface area contributed by atoms with E-state index in [9.17, 15) is 4.79 Å². The average Bonchev–Trinajstić information content (AvgIpc) is 2.47. The molecule has 22 heavy (non-hydrogen) atoms. The molecule has 0 saturated carbocycles. The molecule has 1 aliphatic carbocycles. The van der Waals surface area contributed by atoms with Gasteiger partial charge in [0.1, 0.15) is 0 Å². The Morgan fingerprint density at radius 3 is 3.09 bits per heavy atom. The van der Waals surface area contributed by atoms with Gasteiger partial charge in [0, 0.05) is 18.7 Å². The van der Waals surface area contributed by atoms with Crippen LogP contribution < -0.4 is 11.1 Å². The molecule has 1 aromatic carbocycles. The highest BCUT2D eigenvalue weighted by Gasteiger charge is 2.21. The topological polar surface area (TPSA) is 64.3 Å². The third-order valence-corrected chi connectivity index (χ3v) is 3.74. The lowest BCUT2D eigenvalue weighted by atomic mass is 9.87. The number of hydrogen-bond donors (Lipinski definition) is 2. The minimum absolute atomic E-state index is 0. The molecule has 122 valence electrons. The van der Waals surface area contributed by atoms with Crippen LogP contribution in [0.2, 0.25) is 0 Å². The number of halogens is 1. The lowest BCUT2D eigenvalue weighted by Crippen LogP contribution is -2.31. The molecule has 4 nitrogen and oxygen atoms in total. The Balaban J connectivity index is 0.00000242. The van der Waals surface area contributed by atoms with Gasteiger partial charge in [0.2, 0.25) is 5.91 Å². The number of nitrogen functional groups attached to an aromatic ring is 1. The minimum Gasteiger partial charge on any atom is -0.399 e. The summed E-state index contributed by atoms with van der Waals surface area (Å²) in [5.41, 5.74) is 9.10. The zero-order valence-electron chi connectivity index (χ0n) is 12.8. The number of hydrogen-bond acceptors (Lipinski definition) is 3. The number of anilines is 1. The fourth-order valence-corrected chi connectivity index (χ4v) is 2.75. The number of benzene rings is 1. The maximum atomic E-state index is 12.0. The molecule has 1 atom stereocenters. The molecule has 1 unspecified atom stereocenters. The van der Waals surface area contributed by atoms with E-state index in [4.69, 9.17) is 10.5 Å². The lowest BCUT2D eigenvalue weighted by Gasteiger charge is -2.26. The first kappa shape index (κ1) is 18.5. The molecule has 0 spiro atoms. The second-order valence-electron chi connectivity index (χ2n) is 5.44. The van der Waals surface area contributed by atoms with Crippen molar-refractivity contribution in [2.24, 2.45) is 0 Å². The fourth-order valence-electron chi connectivity index (χ4n) is 2.75. The number of nitrogens with two attached hydrogens (primary N) is 1. The van der Waals surface area contributed by atoms with E-state index in [1.165, 1.54) is 11.1 Å². The zero-order chi connectivity index (χ0) is 15.1. The molecule has 1 aliphatic rings. The molecule has 0 fully saturated rings. The Bertz CT molecular complexity index is 505. The average molecular weight is 325 g/mol. The number of ether oxygens (including phenoxy) is 1. The van der Waals surface area contributed by atoms with E-state index in [2.05, 4.69) is 11.9 Å². The Labute approximate surface area is 138 Å². The number of carbonyl (C=O) groups is 1. The van der Waals surface area contributed by atoms with E-state index in [1.807, 2.05) is 18.2 Å². The molecule has 0 aromatic heterocycles. The van der Waals surface area contributed by atoms with Crippen molar-refractivity contribution in [2.75, 3.05) is 18.9 Å². The maximum Gasteiger partial charge on any atom is 0.220 e. The smallest absolute Gasteiger partial charge is 0.220 e. The number of fused-ring (bicyclic) bond motifs is 1. The van der Waals surface area contributed by atoms with Gasteiger partial charge in [0.25, 0.3) is 0 Å². The maximum absolute atomic E-state index is 12.0. The van der Waals surface area contributed by atoms with Gasteiger partial charge in [0.15, 0.2) is 0 Å². The number of aryl methyl sites for hydroxylation is 1. The predicted octanol–water partition coefficient (Wildman–Crippen LogP) is 3.17. The van der Waals surface area contributed by atoms with Gasteiger partial charge in [-0.3, -0.25) is 4.79 Å².